The molecule has 2 rings (SSSR count). The van der Waals surface area contributed by atoms with Gasteiger partial charge in [0.05, 0.1) is 18.7 Å². The average molecular weight is 292 g/mol. The standard InChI is InChI=1S/C16H24N2O3/c1-4-17-13-5-6-14(21-10-9-20)16-15(13)11(2)12(3)18(16)7-8-19/h5-6,17,19-20H,4,7-10H2,1-3H3. The third-order valence-corrected chi connectivity index (χ3v) is 3.77. The van der Waals surface area contributed by atoms with E-state index < -0.39 is 0 Å². The molecular formula is C16H24N2O3. The fourth-order valence-corrected chi connectivity index (χ4v) is 2.76. The molecule has 1 heterocycles. The first-order valence-corrected chi connectivity index (χ1v) is 7.36. The molecule has 5 nitrogen and oxygen atoms in total. The number of fused-ring (bicyclic) bond motifs is 1. The maximum absolute atomic E-state index is 9.34. The van der Waals surface area contributed by atoms with E-state index in [1.165, 1.54) is 5.56 Å². The smallest absolute Gasteiger partial charge is 0.143 e. The number of aryl methyl sites for hydroxylation is 1. The van der Waals surface area contributed by atoms with Crippen LogP contribution in [-0.2, 0) is 6.54 Å². The van der Waals surface area contributed by atoms with E-state index in [-0.39, 0.29) is 19.8 Å². The zero-order valence-electron chi connectivity index (χ0n) is 12.9. The maximum atomic E-state index is 9.34. The highest BCUT2D eigenvalue weighted by Gasteiger charge is 2.18. The van der Waals surface area contributed by atoms with E-state index in [4.69, 9.17) is 9.84 Å². The van der Waals surface area contributed by atoms with Gasteiger partial charge in [0, 0.05) is 29.9 Å². The highest BCUT2D eigenvalue weighted by atomic mass is 16.5. The maximum Gasteiger partial charge on any atom is 0.143 e. The Labute approximate surface area is 125 Å². The number of aliphatic hydroxyl groups excluding tert-OH is 2. The molecule has 1 aromatic carbocycles. The lowest BCUT2D eigenvalue weighted by atomic mass is 10.1. The van der Waals surface area contributed by atoms with Crippen molar-refractivity contribution in [1.82, 2.24) is 4.57 Å². The molecule has 0 saturated heterocycles. The number of hydrogen-bond donors (Lipinski definition) is 3. The predicted octanol–water partition coefficient (Wildman–Crippen LogP) is 2.05. The molecule has 0 radical (unpaired) electrons. The normalized spacial score (nSPS) is 11.1. The highest BCUT2D eigenvalue weighted by Crippen LogP contribution is 2.37. The van der Waals surface area contributed by atoms with Gasteiger partial charge in [0.1, 0.15) is 12.4 Å². The third-order valence-electron chi connectivity index (χ3n) is 3.77. The number of aromatic nitrogens is 1. The summed E-state index contributed by atoms with van der Waals surface area (Å²) < 4.78 is 7.76. The van der Waals surface area contributed by atoms with Crippen LogP contribution in [0.4, 0.5) is 5.69 Å². The van der Waals surface area contributed by atoms with Gasteiger partial charge >= 0.3 is 0 Å². The Kier molecular flexibility index (Phi) is 5.09. The van der Waals surface area contributed by atoms with E-state index in [1.54, 1.807) is 0 Å². The first-order chi connectivity index (χ1) is 10.2. The lowest BCUT2D eigenvalue weighted by molar-refractivity contribution is 0.202. The summed E-state index contributed by atoms with van der Waals surface area (Å²) in [6.45, 7) is 7.90. The predicted molar refractivity (Wildman–Crippen MR) is 85.2 cm³/mol. The zero-order valence-corrected chi connectivity index (χ0v) is 12.9. The molecule has 0 bridgehead atoms. The summed E-state index contributed by atoms with van der Waals surface area (Å²) in [6.07, 6.45) is 0. The van der Waals surface area contributed by atoms with Gasteiger partial charge in [-0.2, -0.15) is 0 Å². The summed E-state index contributed by atoms with van der Waals surface area (Å²) in [4.78, 5) is 0. The van der Waals surface area contributed by atoms with E-state index in [2.05, 4.69) is 30.7 Å². The number of nitrogens with one attached hydrogen (secondary N) is 1. The summed E-state index contributed by atoms with van der Waals surface area (Å²) in [5, 5.41) is 22.8. The first-order valence-electron chi connectivity index (χ1n) is 7.36. The molecule has 2 aromatic rings. The summed E-state index contributed by atoms with van der Waals surface area (Å²) in [7, 11) is 0. The molecule has 0 saturated carbocycles. The lowest BCUT2D eigenvalue weighted by Crippen LogP contribution is -2.07. The number of aliphatic hydroxyl groups is 2. The van der Waals surface area contributed by atoms with Crippen molar-refractivity contribution < 1.29 is 14.9 Å². The highest BCUT2D eigenvalue weighted by molar-refractivity contribution is 6.00. The molecule has 3 N–H and O–H groups in total. The number of nitrogens with zero attached hydrogens (tertiary/aromatic N) is 1. The van der Waals surface area contributed by atoms with Crippen LogP contribution < -0.4 is 10.1 Å². The molecule has 21 heavy (non-hydrogen) atoms. The molecular weight excluding hydrogens is 268 g/mol. The lowest BCUT2D eigenvalue weighted by Gasteiger charge is -2.13. The molecule has 0 aliphatic rings. The number of ether oxygens (including phenoxy) is 1. The second kappa shape index (κ2) is 6.83. The van der Waals surface area contributed by atoms with Gasteiger partial charge in [-0.25, -0.2) is 0 Å². The van der Waals surface area contributed by atoms with Crippen molar-refractivity contribution in [3.05, 3.63) is 23.4 Å². The minimum atomic E-state index is -0.0187. The molecule has 116 valence electrons. The molecule has 5 heteroatoms. The third kappa shape index (κ3) is 2.84. The Hall–Kier alpha value is -1.72. The van der Waals surface area contributed by atoms with Crippen LogP contribution in [0.1, 0.15) is 18.2 Å². The summed E-state index contributed by atoms with van der Waals surface area (Å²) in [6, 6.07) is 3.93. The van der Waals surface area contributed by atoms with Gasteiger partial charge in [0.2, 0.25) is 0 Å². The second-order valence-electron chi connectivity index (χ2n) is 5.02. The number of anilines is 1. The van der Waals surface area contributed by atoms with Crippen LogP contribution in [0, 0.1) is 13.8 Å². The van der Waals surface area contributed by atoms with Crippen molar-refractivity contribution in [1.29, 1.82) is 0 Å². The fraction of sp³-hybridized carbons (Fsp3) is 0.500. The molecule has 0 fully saturated rings. The largest absolute Gasteiger partial charge is 0.489 e. The molecule has 0 aliphatic heterocycles. The number of benzene rings is 1. The Morgan fingerprint density at radius 3 is 2.57 bits per heavy atom. The molecule has 0 aliphatic carbocycles. The number of hydrogen-bond acceptors (Lipinski definition) is 4. The summed E-state index contributed by atoms with van der Waals surface area (Å²) in [5.74, 6) is 0.741. The van der Waals surface area contributed by atoms with Gasteiger partial charge in [-0.05, 0) is 38.5 Å². The second-order valence-corrected chi connectivity index (χ2v) is 5.02. The fourth-order valence-electron chi connectivity index (χ4n) is 2.76. The van der Waals surface area contributed by atoms with E-state index in [0.29, 0.717) is 6.54 Å². The van der Waals surface area contributed by atoms with E-state index in [9.17, 15) is 5.11 Å². The van der Waals surface area contributed by atoms with Crippen LogP contribution in [0.25, 0.3) is 10.9 Å². The van der Waals surface area contributed by atoms with Crippen molar-refractivity contribution in [2.24, 2.45) is 0 Å². The quantitative estimate of drug-likeness (QED) is 0.731. The Morgan fingerprint density at radius 1 is 1.19 bits per heavy atom. The molecule has 0 atom stereocenters. The van der Waals surface area contributed by atoms with Gasteiger partial charge < -0.3 is 24.8 Å². The molecule has 0 unspecified atom stereocenters. The monoisotopic (exact) mass is 292 g/mol. The van der Waals surface area contributed by atoms with E-state index >= 15 is 0 Å². The number of rotatable bonds is 7. The molecule has 1 aromatic heterocycles. The Morgan fingerprint density at radius 2 is 1.95 bits per heavy atom. The van der Waals surface area contributed by atoms with Gasteiger partial charge in [-0.1, -0.05) is 0 Å². The molecule has 0 spiro atoms. The summed E-state index contributed by atoms with van der Waals surface area (Å²) >= 11 is 0. The van der Waals surface area contributed by atoms with Gasteiger partial charge in [0.15, 0.2) is 0 Å². The van der Waals surface area contributed by atoms with Crippen molar-refractivity contribution >= 4 is 16.6 Å². The van der Waals surface area contributed by atoms with Crippen LogP contribution in [-0.4, -0.2) is 41.1 Å². The minimum absolute atomic E-state index is 0.0187. The first kappa shape index (κ1) is 15.7. The van der Waals surface area contributed by atoms with Crippen molar-refractivity contribution in [2.45, 2.75) is 27.3 Å². The van der Waals surface area contributed by atoms with E-state index in [1.807, 2.05) is 12.1 Å². The Bertz CT molecular complexity index is 620. The SMILES string of the molecule is CCNc1ccc(OCCO)c2c1c(C)c(C)n2CCO. The van der Waals surface area contributed by atoms with Crippen molar-refractivity contribution in [3.63, 3.8) is 0 Å². The Balaban J connectivity index is 2.69. The topological polar surface area (TPSA) is 66.6 Å². The van der Waals surface area contributed by atoms with Gasteiger partial charge in [-0.15, -0.1) is 0 Å². The molecule has 0 amide bonds. The zero-order chi connectivity index (χ0) is 15.4. The van der Waals surface area contributed by atoms with E-state index in [0.717, 1.165) is 34.6 Å². The van der Waals surface area contributed by atoms with Gasteiger partial charge in [0.25, 0.3) is 0 Å². The van der Waals surface area contributed by atoms with Crippen LogP contribution >= 0.6 is 0 Å². The summed E-state index contributed by atoms with van der Waals surface area (Å²) in [5.41, 5.74) is 4.36. The van der Waals surface area contributed by atoms with Gasteiger partial charge in [-0.3, -0.25) is 0 Å². The minimum Gasteiger partial charge on any atom is -0.489 e. The van der Waals surface area contributed by atoms with Crippen molar-refractivity contribution in [2.75, 3.05) is 31.7 Å². The van der Waals surface area contributed by atoms with Crippen LogP contribution in [0.3, 0.4) is 0 Å². The van der Waals surface area contributed by atoms with Crippen molar-refractivity contribution in [3.8, 4) is 5.75 Å². The van der Waals surface area contributed by atoms with Crippen LogP contribution in [0.15, 0.2) is 12.1 Å². The van der Waals surface area contributed by atoms with Crippen LogP contribution in [0.5, 0.6) is 5.75 Å². The average Bonchev–Trinajstić information content (AvgIpc) is 2.73. The van der Waals surface area contributed by atoms with Crippen LogP contribution in [0.2, 0.25) is 0 Å².